The van der Waals surface area contributed by atoms with Gasteiger partial charge in [-0.1, -0.05) is 88.5 Å². The Morgan fingerprint density at radius 1 is 0.968 bits per heavy atom. The summed E-state index contributed by atoms with van der Waals surface area (Å²) in [6, 6.07) is 11.5. The Bertz CT molecular complexity index is 871. The van der Waals surface area contributed by atoms with Gasteiger partial charge >= 0.3 is 0 Å². The highest BCUT2D eigenvalue weighted by Crippen LogP contribution is 2.37. The predicted octanol–water partition coefficient (Wildman–Crippen LogP) is 7.63. The Morgan fingerprint density at radius 3 is 2.32 bits per heavy atom. The molecule has 31 heavy (non-hydrogen) atoms. The molecule has 0 bridgehead atoms. The van der Waals surface area contributed by atoms with Crippen molar-refractivity contribution < 1.29 is 14.3 Å². The molecule has 0 saturated carbocycles. The van der Waals surface area contributed by atoms with Crippen LogP contribution in [0.2, 0.25) is 10.0 Å². The SMILES string of the molecule is C=CCON=Cc1ccc(CCCCOc2c(Cl)cc(OCC=C(Cl)Cl)cc2Cl)cc1. The minimum absolute atomic E-state index is 0.135. The second-order valence-corrected chi connectivity index (χ2v) is 8.21. The summed E-state index contributed by atoms with van der Waals surface area (Å²) in [5.74, 6) is 0.956. The minimum atomic E-state index is 0.135. The van der Waals surface area contributed by atoms with E-state index in [4.69, 9.17) is 60.7 Å². The molecule has 0 N–H and O–H groups in total. The quantitative estimate of drug-likeness (QED) is 0.122. The number of oxime groups is 1. The highest BCUT2D eigenvalue weighted by atomic mass is 35.5. The summed E-state index contributed by atoms with van der Waals surface area (Å²) in [6.07, 6.45) is 7.62. The second kappa shape index (κ2) is 14.3. The number of hydrogen-bond acceptors (Lipinski definition) is 4. The Morgan fingerprint density at radius 2 is 1.68 bits per heavy atom. The van der Waals surface area contributed by atoms with E-state index in [2.05, 4.69) is 23.9 Å². The van der Waals surface area contributed by atoms with Gasteiger partial charge in [0.1, 0.15) is 23.5 Å². The molecule has 0 amide bonds. The highest BCUT2D eigenvalue weighted by molar-refractivity contribution is 6.55. The van der Waals surface area contributed by atoms with Crippen molar-refractivity contribution in [3.05, 3.63) is 80.8 Å². The molecule has 0 radical (unpaired) electrons. The average molecular weight is 503 g/mol. The molecule has 0 aliphatic heterocycles. The topological polar surface area (TPSA) is 40.0 Å². The van der Waals surface area contributed by atoms with Crippen LogP contribution in [0, 0.1) is 0 Å². The molecule has 2 aromatic rings. The Labute approximate surface area is 203 Å². The van der Waals surface area contributed by atoms with Gasteiger partial charge < -0.3 is 14.3 Å². The lowest BCUT2D eigenvalue weighted by Gasteiger charge is -2.12. The van der Waals surface area contributed by atoms with Gasteiger partial charge in [0.05, 0.1) is 22.9 Å². The largest absolute Gasteiger partial charge is 0.490 e. The molecule has 0 aliphatic rings. The van der Waals surface area contributed by atoms with Gasteiger partial charge in [0.2, 0.25) is 0 Å². The lowest BCUT2D eigenvalue weighted by atomic mass is 10.1. The van der Waals surface area contributed by atoms with E-state index in [1.807, 2.05) is 12.1 Å². The van der Waals surface area contributed by atoms with E-state index in [0.29, 0.717) is 34.8 Å². The Kier molecular flexibility index (Phi) is 11.7. The molecule has 166 valence electrons. The van der Waals surface area contributed by atoms with Crippen molar-refractivity contribution in [2.24, 2.45) is 5.16 Å². The van der Waals surface area contributed by atoms with E-state index in [9.17, 15) is 0 Å². The summed E-state index contributed by atoms with van der Waals surface area (Å²) in [4.78, 5) is 4.99. The fraction of sp³-hybridized carbons (Fsp3) is 0.261. The number of benzene rings is 2. The summed E-state index contributed by atoms with van der Waals surface area (Å²) < 4.78 is 11.4. The van der Waals surface area contributed by atoms with Crippen molar-refractivity contribution >= 4 is 52.6 Å². The van der Waals surface area contributed by atoms with Crippen LogP contribution in [0.25, 0.3) is 0 Å². The molecule has 2 aromatic carbocycles. The number of unbranched alkanes of at least 4 members (excludes halogenated alkanes) is 1. The third-order valence-electron chi connectivity index (χ3n) is 4.01. The van der Waals surface area contributed by atoms with E-state index in [1.165, 1.54) is 11.6 Å². The lowest BCUT2D eigenvalue weighted by Crippen LogP contribution is -2.00. The maximum absolute atomic E-state index is 6.27. The zero-order valence-electron chi connectivity index (χ0n) is 16.8. The van der Waals surface area contributed by atoms with Gasteiger partial charge in [-0.2, -0.15) is 0 Å². The fourth-order valence-electron chi connectivity index (χ4n) is 2.53. The highest BCUT2D eigenvalue weighted by Gasteiger charge is 2.10. The van der Waals surface area contributed by atoms with Gasteiger partial charge in [0, 0.05) is 12.1 Å². The van der Waals surface area contributed by atoms with Crippen molar-refractivity contribution in [1.29, 1.82) is 0 Å². The van der Waals surface area contributed by atoms with Crippen LogP contribution in [0.5, 0.6) is 11.5 Å². The normalized spacial score (nSPS) is 10.7. The molecular weight excluding hydrogens is 480 g/mol. The maximum atomic E-state index is 6.27. The second-order valence-electron chi connectivity index (χ2n) is 6.39. The van der Waals surface area contributed by atoms with Gasteiger partial charge in [-0.15, -0.1) is 0 Å². The van der Waals surface area contributed by atoms with Gasteiger partial charge in [-0.25, -0.2) is 0 Å². The van der Waals surface area contributed by atoms with Gasteiger partial charge in [0.25, 0.3) is 0 Å². The van der Waals surface area contributed by atoms with E-state index in [1.54, 1.807) is 24.4 Å². The summed E-state index contributed by atoms with van der Waals surface area (Å²) in [7, 11) is 0. The zero-order valence-corrected chi connectivity index (χ0v) is 19.9. The Hall–Kier alpha value is -1.85. The smallest absolute Gasteiger partial charge is 0.156 e. The first-order valence-electron chi connectivity index (χ1n) is 9.60. The van der Waals surface area contributed by atoms with Crippen molar-refractivity contribution in [3.63, 3.8) is 0 Å². The number of hydrogen-bond donors (Lipinski definition) is 0. The summed E-state index contributed by atoms with van der Waals surface area (Å²) in [5.41, 5.74) is 2.22. The standard InChI is InChI=1S/C23H23Cl4NO3/c1-2-11-31-28-16-18-8-6-17(7-9-18)5-3-4-12-30-23-20(24)14-19(15-21(23)25)29-13-10-22(26)27/h2,6-10,14-16H,1,3-5,11-13H2. The molecule has 0 aromatic heterocycles. The number of aryl methyl sites for hydroxylation is 1. The molecule has 0 heterocycles. The predicted molar refractivity (Wildman–Crippen MR) is 130 cm³/mol. The van der Waals surface area contributed by atoms with Crippen LogP contribution in [0.4, 0.5) is 0 Å². The third-order valence-corrected chi connectivity index (χ3v) is 4.88. The van der Waals surface area contributed by atoms with E-state index < -0.39 is 0 Å². The molecule has 0 atom stereocenters. The van der Waals surface area contributed by atoms with Gasteiger partial charge in [-0.3, -0.25) is 0 Å². The van der Waals surface area contributed by atoms with Gasteiger partial charge in [-0.05, 0) is 36.5 Å². The summed E-state index contributed by atoms with van der Waals surface area (Å²) >= 11 is 23.6. The lowest BCUT2D eigenvalue weighted by molar-refractivity contribution is 0.176. The molecule has 0 spiro atoms. The van der Waals surface area contributed by atoms with E-state index >= 15 is 0 Å². The van der Waals surface area contributed by atoms with Crippen LogP contribution in [-0.2, 0) is 11.3 Å². The van der Waals surface area contributed by atoms with Crippen molar-refractivity contribution in [2.75, 3.05) is 19.8 Å². The number of nitrogens with zero attached hydrogens (tertiary/aromatic N) is 1. The van der Waals surface area contributed by atoms with Crippen LogP contribution in [0.15, 0.2) is 64.8 Å². The van der Waals surface area contributed by atoms with Crippen LogP contribution < -0.4 is 9.47 Å². The van der Waals surface area contributed by atoms with E-state index in [-0.39, 0.29) is 11.1 Å². The Balaban J connectivity index is 1.74. The number of rotatable bonds is 13. The van der Waals surface area contributed by atoms with E-state index in [0.717, 1.165) is 24.8 Å². The average Bonchev–Trinajstić information content (AvgIpc) is 2.73. The zero-order chi connectivity index (χ0) is 22.5. The first-order valence-corrected chi connectivity index (χ1v) is 11.1. The molecule has 4 nitrogen and oxygen atoms in total. The third kappa shape index (κ3) is 9.88. The molecule has 0 unspecified atom stereocenters. The number of ether oxygens (including phenoxy) is 2. The molecule has 0 saturated heterocycles. The van der Waals surface area contributed by atoms with Crippen molar-refractivity contribution in [2.45, 2.75) is 19.3 Å². The van der Waals surface area contributed by atoms with Crippen LogP contribution >= 0.6 is 46.4 Å². The van der Waals surface area contributed by atoms with Crippen LogP contribution in [-0.4, -0.2) is 26.0 Å². The molecule has 2 rings (SSSR count). The molecule has 0 fully saturated rings. The molecule has 8 heteroatoms. The van der Waals surface area contributed by atoms with Crippen molar-refractivity contribution in [3.8, 4) is 11.5 Å². The molecule has 0 aliphatic carbocycles. The van der Waals surface area contributed by atoms with Gasteiger partial charge in [0.15, 0.2) is 5.75 Å². The maximum Gasteiger partial charge on any atom is 0.156 e. The minimum Gasteiger partial charge on any atom is -0.490 e. The first kappa shape index (κ1) is 25.4. The number of halogens is 4. The van der Waals surface area contributed by atoms with Crippen molar-refractivity contribution in [1.82, 2.24) is 0 Å². The van der Waals surface area contributed by atoms with Crippen LogP contribution in [0.3, 0.4) is 0 Å². The summed E-state index contributed by atoms with van der Waals surface area (Å²) in [5, 5.41) is 4.64. The monoisotopic (exact) mass is 501 g/mol. The fourth-order valence-corrected chi connectivity index (χ4v) is 3.23. The van der Waals surface area contributed by atoms with Crippen LogP contribution in [0.1, 0.15) is 24.0 Å². The molecular formula is C23H23Cl4NO3. The summed E-state index contributed by atoms with van der Waals surface area (Å²) in [6.45, 7) is 4.69. The first-order chi connectivity index (χ1) is 15.0.